The van der Waals surface area contributed by atoms with Crippen molar-refractivity contribution in [3.63, 3.8) is 0 Å². The zero-order valence-electron chi connectivity index (χ0n) is 10.9. The van der Waals surface area contributed by atoms with Crippen LogP contribution in [0, 0.1) is 6.92 Å². The molecule has 0 bridgehead atoms. The average Bonchev–Trinajstić information content (AvgIpc) is 3.01. The van der Waals surface area contributed by atoms with Crippen molar-refractivity contribution in [2.75, 3.05) is 4.90 Å². The molecule has 20 heavy (non-hydrogen) atoms. The van der Waals surface area contributed by atoms with Crippen molar-refractivity contribution in [2.45, 2.75) is 19.4 Å². The molecule has 1 N–H and O–H groups in total. The fourth-order valence-corrected chi connectivity index (χ4v) is 2.54. The van der Waals surface area contributed by atoms with Crippen LogP contribution in [0.4, 0.5) is 5.69 Å². The third kappa shape index (κ3) is 1.79. The summed E-state index contributed by atoms with van der Waals surface area (Å²) in [6, 6.07) is 8.03. The van der Waals surface area contributed by atoms with Crippen molar-refractivity contribution in [1.82, 2.24) is 0 Å². The number of para-hydroxylation sites is 1. The van der Waals surface area contributed by atoms with E-state index < -0.39 is 17.9 Å². The van der Waals surface area contributed by atoms with Crippen molar-refractivity contribution >= 4 is 17.6 Å². The van der Waals surface area contributed by atoms with E-state index in [9.17, 15) is 14.7 Å². The number of amides is 1. The molecule has 0 spiro atoms. The molecule has 1 aromatic carbocycles. The minimum absolute atomic E-state index is 0.188. The first-order valence-corrected chi connectivity index (χ1v) is 6.28. The predicted octanol–water partition coefficient (Wildman–Crippen LogP) is 2.24. The standard InChI is InChI=1S/C15H13NO4/c1-9-6-7-20-13(9)14(17)16-11-5-3-2-4-10(11)8-12(16)15(18)19/h2-7,12H,8H2,1H3,(H,18,19). The van der Waals surface area contributed by atoms with E-state index in [4.69, 9.17) is 4.42 Å². The van der Waals surface area contributed by atoms with Crippen LogP contribution in [0.2, 0.25) is 0 Å². The normalized spacial score (nSPS) is 17.1. The number of fused-ring (bicyclic) bond motifs is 1. The van der Waals surface area contributed by atoms with E-state index in [1.54, 1.807) is 25.1 Å². The predicted molar refractivity (Wildman–Crippen MR) is 71.8 cm³/mol. The number of aryl methyl sites for hydroxylation is 1. The summed E-state index contributed by atoms with van der Waals surface area (Å²) in [4.78, 5) is 25.3. The zero-order valence-corrected chi connectivity index (χ0v) is 10.9. The van der Waals surface area contributed by atoms with Crippen LogP contribution in [0.1, 0.15) is 21.7 Å². The summed E-state index contributed by atoms with van der Waals surface area (Å²) in [6.45, 7) is 1.76. The van der Waals surface area contributed by atoms with Crippen LogP contribution in [0.15, 0.2) is 41.0 Å². The number of hydrogen-bond donors (Lipinski definition) is 1. The minimum atomic E-state index is -1.02. The van der Waals surface area contributed by atoms with Crippen LogP contribution in [-0.2, 0) is 11.2 Å². The molecule has 102 valence electrons. The second-order valence-corrected chi connectivity index (χ2v) is 4.79. The highest BCUT2D eigenvalue weighted by Gasteiger charge is 2.39. The number of aliphatic carboxylic acids is 1. The van der Waals surface area contributed by atoms with Gasteiger partial charge in [0.05, 0.1) is 6.26 Å². The summed E-state index contributed by atoms with van der Waals surface area (Å²) in [5.74, 6) is -1.24. The van der Waals surface area contributed by atoms with E-state index in [2.05, 4.69) is 0 Å². The molecule has 3 rings (SSSR count). The van der Waals surface area contributed by atoms with Crippen molar-refractivity contribution in [3.8, 4) is 0 Å². The number of anilines is 1. The quantitative estimate of drug-likeness (QED) is 0.909. The number of benzene rings is 1. The summed E-state index contributed by atoms with van der Waals surface area (Å²) in [5, 5.41) is 9.35. The Bertz CT molecular complexity index is 689. The van der Waals surface area contributed by atoms with E-state index in [1.807, 2.05) is 12.1 Å². The SMILES string of the molecule is Cc1ccoc1C(=O)N1c2ccccc2CC1C(=O)O. The third-order valence-corrected chi connectivity index (χ3v) is 3.54. The highest BCUT2D eigenvalue weighted by molar-refractivity contribution is 6.10. The lowest BCUT2D eigenvalue weighted by molar-refractivity contribution is -0.138. The van der Waals surface area contributed by atoms with Gasteiger partial charge in [-0.25, -0.2) is 4.79 Å². The number of furan rings is 1. The summed E-state index contributed by atoms with van der Waals surface area (Å²) in [7, 11) is 0. The van der Waals surface area contributed by atoms with Gasteiger partial charge in [0.15, 0.2) is 5.76 Å². The maximum atomic E-state index is 12.6. The number of carboxylic acids is 1. The summed E-state index contributed by atoms with van der Waals surface area (Å²) in [6.07, 6.45) is 1.75. The second kappa shape index (κ2) is 4.52. The summed E-state index contributed by atoms with van der Waals surface area (Å²) >= 11 is 0. The molecular weight excluding hydrogens is 258 g/mol. The molecule has 1 aromatic heterocycles. The molecule has 5 heteroatoms. The van der Waals surface area contributed by atoms with E-state index in [0.29, 0.717) is 17.7 Å². The van der Waals surface area contributed by atoms with Crippen LogP contribution in [0.25, 0.3) is 0 Å². The number of nitrogens with zero attached hydrogens (tertiary/aromatic N) is 1. The van der Waals surface area contributed by atoms with Gasteiger partial charge in [-0.1, -0.05) is 18.2 Å². The van der Waals surface area contributed by atoms with Gasteiger partial charge in [0.25, 0.3) is 5.91 Å². The van der Waals surface area contributed by atoms with Crippen LogP contribution in [-0.4, -0.2) is 23.0 Å². The van der Waals surface area contributed by atoms with Crippen LogP contribution in [0.3, 0.4) is 0 Å². The number of carbonyl (C=O) groups is 2. The van der Waals surface area contributed by atoms with Gasteiger partial charge in [-0.05, 0) is 24.6 Å². The molecule has 2 aromatic rings. The van der Waals surface area contributed by atoms with Gasteiger partial charge in [-0.2, -0.15) is 0 Å². The Morgan fingerprint density at radius 1 is 1.30 bits per heavy atom. The maximum absolute atomic E-state index is 12.6. The van der Waals surface area contributed by atoms with Crippen molar-refractivity contribution in [2.24, 2.45) is 0 Å². The van der Waals surface area contributed by atoms with Gasteiger partial charge >= 0.3 is 5.97 Å². The first-order chi connectivity index (χ1) is 9.59. The molecule has 0 aliphatic carbocycles. The van der Waals surface area contributed by atoms with E-state index in [1.165, 1.54) is 11.2 Å². The first-order valence-electron chi connectivity index (χ1n) is 6.28. The molecule has 1 atom stereocenters. The number of hydrogen-bond acceptors (Lipinski definition) is 3. The fourth-order valence-electron chi connectivity index (χ4n) is 2.54. The number of carboxylic acid groups (broad SMARTS) is 1. The Balaban J connectivity index is 2.07. The zero-order chi connectivity index (χ0) is 14.3. The van der Waals surface area contributed by atoms with Crippen LogP contribution >= 0.6 is 0 Å². The van der Waals surface area contributed by atoms with Crippen molar-refractivity contribution in [3.05, 3.63) is 53.5 Å². The fraction of sp³-hybridized carbons (Fsp3) is 0.200. The number of carbonyl (C=O) groups excluding carboxylic acids is 1. The van der Waals surface area contributed by atoms with Gasteiger partial charge < -0.3 is 9.52 Å². The largest absolute Gasteiger partial charge is 0.480 e. The van der Waals surface area contributed by atoms with Crippen LogP contribution < -0.4 is 4.90 Å². The number of rotatable bonds is 2. The molecule has 1 unspecified atom stereocenters. The molecule has 0 saturated carbocycles. The molecule has 1 aliphatic heterocycles. The lowest BCUT2D eigenvalue weighted by Crippen LogP contribution is -2.42. The van der Waals surface area contributed by atoms with Gasteiger partial charge in [0, 0.05) is 17.7 Å². The van der Waals surface area contributed by atoms with E-state index >= 15 is 0 Å². The lowest BCUT2D eigenvalue weighted by Gasteiger charge is -2.21. The van der Waals surface area contributed by atoms with E-state index in [0.717, 1.165) is 5.56 Å². The Kier molecular flexibility index (Phi) is 2.82. The van der Waals surface area contributed by atoms with Gasteiger partial charge in [-0.3, -0.25) is 9.69 Å². The Morgan fingerprint density at radius 2 is 2.05 bits per heavy atom. The molecule has 0 saturated heterocycles. The van der Waals surface area contributed by atoms with Crippen LogP contribution in [0.5, 0.6) is 0 Å². The van der Waals surface area contributed by atoms with Gasteiger partial charge in [-0.15, -0.1) is 0 Å². The Hall–Kier alpha value is -2.56. The topological polar surface area (TPSA) is 70.8 Å². The second-order valence-electron chi connectivity index (χ2n) is 4.79. The molecule has 5 nitrogen and oxygen atoms in total. The third-order valence-electron chi connectivity index (χ3n) is 3.54. The van der Waals surface area contributed by atoms with E-state index in [-0.39, 0.29) is 5.76 Å². The lowest BCUT2D eigenvalue weighted by atomic mass is 10.1. The molecule has 0 fully saturated rings. The molecule has 1 amide bonds. The maximum Gasteiger partial charge on any atom is 0.327 e. The van der Waals surface area contributed by atoms with Gasteiger partial charge in [0.2, 0.25) is 0 Å². The minimum Gasteiger partial charge on any atom is -0.480 e. The monoisotopic (exact) mass is 271 g/mol. The smallest absolute Gasteiger partial charge is 0.327 e. The molecule has 1 aliphatic rings. The molecule has 2 heterocycles. The first kappa shape index (κ1) is 12.5. The highest BCUT2D eigenvalue weighted by atomic mass is 16.4. The highest BCUT2D eigenvalue weighted by Crippen LogP contribution is 2.33. The molecular formula is C15H13NO4. The van der Waals surface area contributed by atoms with Crippen molar-refractivity contribution in [1.29, 1.82) is 0 Å². The van der Waals surface area contributed by atoms with Crippen molar-refractivity contribution < 1.29 is 19.1 Å². The molecule has 0 radical (unpaired) electrons. The van der Waals surface area contributed by atoms with Gasteiger partial charge in [0.1, 0.15) is 6.04 Å². The summed E-state index contributed by atoms with van der Waals surface area (Å²) < 4.78 is 5.20. The Labute approximate surface area is 115 Å². The Morgan fingerprint density at radius 3 is 2.70 bits per heavy atom. The summed E-state index contributed by atoms with van der Waals surface area (Å²) in [5.41, 5.74) is 2.20. The average molecular weight is 271 g/mol.